The lowest BCUT2D eigenvalue weighted by atomic mass is 10.0. The van der Waals surface area contributed by atoms with Crippen LogP contribution in [0.15, 0.2) is 84.8 Å². The average molecular weight is 414 g/mol. The summed E-state index contributed by atoms with van der Waals surface area (Å²) in [5.74, 6) is -0.894. The molecule has 0 N–H and O–H groups in total. The van der Waals surface area contributed by atoms with Crippen molar-refractivity contribution < 1.29 is 14.5 Å². The van der Waals surface area contributed by atoms with Crippen LogP contribution in [0.5, 0.6) is 0 Å². The molecule has 3 aromatic rings. The number of non-ortho nitro benzene ring substituents is 1. The molecule has 0 spiro atoms. The fourth-order valence-corrected chi connectivity index (χ4v) is 3.48. The van der Waals surface area contributed by atoms with Crippen molar-refractivity contribution in [3.63, 3.8) is 0 Å². The maximum atomic E-state index is 13.4. The first-order valence-corrected chi connectivity index (χ1v) is 9.50. The maximum absolute atomic E-state index is 13.4. The number of rotatable bonds is 6. The number of benzene rings is 2. The van der Waals surface area contributed by atoms with Crippen LogP contribution in [0.4, 0.5) is 11.4 Å². The van der Waals surface area contributed by atoms with Crippen LogP contribution < -0.4 is 4.90 Å². The molecule has 0 radical (unpaired) electrons. The SMILES string of the molecule is CN(C1=C(c2ccc([N+](=O)[O-])cc2)C(=O)N(Cc2cccnc2)C1=O)c1ccccc1. The Morgan fingerprint density at radius 2 is 1.68 bits per heavy atom. The topological polar surface area (TPSA) is 96.7 Å². The minimum Gasteiger partial charge on any atom is -0.339 e. The Kier molecular flexibility index (Phi) is 5.28. The van der Waals surface area contributed by atoms with Crippen LogP contribution in [0.3, 0.4) is 0 Å². The molecule has 0 unspecified atom stereocenters. The molecule has 1 aliphatic heterocycles. The van der Waals surface area contributed by atoms with Crippen molar-refractivity contribution >= 4 is 28.8 Å². The van der Waals surface area contributed by atoms with E-state index >= 15 is 0 Å². The van der Waals surface area contributed by atoms with Gasteiger partial charge in [0.2, 0.25) is 0 Å². The first kappa shape index (κ1) is 20.0. The first-order chi connectivity index (χ1) is 15.0. The van der Waals surface area contributed by atoms with Crippen LogP contribution in [0, 0.1) is 10.1 Å². The van der Waals surface area contributed by atoms with E-state index in [-0.39, 0.29) is 23.5 Å². The van der Waals surface area contributed by atoms with E-state index in [4.69, 9.17) is 0 Å². The number of hydrogen-bond acceptors (Lipinski definition) is 6. The number of anilines is 1. The van der Waals surface area contributed by atoms with E-state index in [0.29, 0.717) is 5.56 Å². The Morgan fingerprint density at radius 3 is 2.29 bits per heavy atom. The van der Waals surface area contributed by atoms with Gasteiger partial charge in [-0.2, -0.15) is 0 Å². The lowest BCUT2D eigenvalue weighted by Gasteiger charge is -2.21. The molecule has 2 aromatic carbocycles. The highest BCUT2D eigenvalue weighted by atomic mass is 16.6. The molecule has 8 nitrogen and oxygen atoms in total. The minimum atomic E-state index is -0.508. The largest absolute Gasteiger partial charge is 0.339 e. The van der Waals surface area contributed by atoms with Crippen LogP contribution in [-0.2, 0) is 16.1 Å². The van der Waals surface area contributed by atoms with Gasteiger partial charge in [-0.1, -0.05) is 24.3 Å². The Hall–Kier alpha value is -4.33. The zero-order valence-corrected chi connectivity index (χ0v) is 16.6. The number of imide groups is 1. The highest BCUT2D eigenvalue weighted by Gasteiger charge is 2.41. The van der Waals surface area contributed by atoms with E-state index in [0.717, 1.165) is 11.3 Å². The molecule has 2 heterocycles. The summed E-state index contributed by atoms with van der Waals surface area (Å²) in [5.41, 5.74) is 2.22. The van der Waals surface area contributed by atoms with E-state index in [2.05, 4.69) is 4.98 Å². The van der Waals surface area contributed by atoms with Crippen molar-refractivity contribution in [1.82, 2.24) is 9.88 Å². The number of aromatic nitrogens is 1. The van der Waals surface area contributed by atoms with Crippen LogP contribution in [0.25, 0.3) is 5.57 Å². The van der Waals surface area contributed by atoms with Gasteiger partial charge in [-0.3, -0.25) is 29.6 Å². The van der Waals surface area contributed by atoms with Crippen LogP contribution in [0.1, 0.15) is 11.1 Å². The number of nitrogens with zero attached hydrogens (tertiary/aromatic N) is 4. The van der Waals surface area contributed by atoms with E-state index in [1.54, 1.807) is 36.5 Å². The van der Waals surface area contributed by atoms with Gasteiger partial charge < -0.3 is 4.90 Å². The summed E-state index contributed by atoms with van der Waals surface area (Å²) in [5, 5.41) is 11.0. The van der Waals surface area contributed by atoms with E-state index in [9.17, 15) is 19.7 Å². The van der Waals surface area contributed by atoms with E-state index < -0.39 is 16.7 Å². The molecule has 31 heavy (non-hydrogen) atoms. The normalized spacial score (nSPS) is 13.6. The van der Waals surface area contributed by atoms with Gasteiger partial charge in [-0.15, -0.1) is 0 Å². The van der Waals surface area contributed by atoms with E-state index in [1.165, 1.54) is 29.2 Å². The molecule has 0 saturated heterocycles. The number of nitro groups is 1. The molecule has 154 valence electrons. The fraction of sp³-hybridized carbons (Fsp3) is 0.0870. The molecule has 0 aliphatic carbocycles. The molecule has 0 fully saturated rings. The predicted molar refractivity (Wildman–Crippen MR) is 115 cm³/mol. The van der Waals surface area contributed by atoms with Gasteiger partial charge in [-0.25, -0.2) is 0 Å². The number of amides is 2. The third-order valence-electron chi connectivity index (χ3n) is 5.05. The van der Waals surface area contributed by atoms with Crippen LogP contribution in [-0.4, -0.2) is 33.7 Å². The summed E-state index contributed by atoms with van der Waals surface area (Å²) < 4.78 is 0. The molecule has 2 amide bonds. The lowest BCUT2D eigenvalue weighted by Crippen LogP contribution is -2.33. The molecule has 0 bridgehead atoms. The second kappa shape index (κ2) is 8.19. The number of carbonyl (C=O) groups is 2. The van der Waals surface area contributed by atoms with Crippen molar-refractivity contribution in [3.8, 4) is 0 Å². The molecule has 0 saturated carbocycles. The quantitative estimate of drug-likeness (QED) is 0.348. The van der Waals surface area contributed by atoms with Gasteiger partial charge in [0.15, 0.2) is 0 Å². The van der Waals surface area contributed by atoms with Crippen molar-refractivity contribution in [2.45, 2.75) is 6.54 Å². The monoisotopic (exact) mass is 414 g/mol. The third kappa shape index (κ3) is 3.78. The number of nitro benzene ring substituents is 1. The van der Waals surface area contributed by atoms with Crippen molar-refractivity contribution in [1.29, 1.82) is 0 Å². The smallest absolute Gasteiger partial charge is 0.278 e. The van der Waals surface area contributed by atoms with Gasteiger partial charge >= 0.3 is 0 Å². The van der Waals surface area contributed by atoms with Gasteiger partial charge in [-0.05, 0) is 41.5 Å². The lowest BCUT2D eigenvalue weighted by molar-refractivity contribution is -0.384. The maximum Gasteiger partial charge on any atom is 0.278 e. The Balaban J connectivity index is 1.79. The number of likely N-dealkylation sites (N-methyl/N-ethyl adjacent to an activating group) is 1. The van der Waals surface area contributed by atoms with Crippen molar-refractivity contribution in [2.24, 2.45) is 0 Å². The van der Waals surface area contributed by atoms with Crippen molar-refractivity contribution in [3.05, 3.63) is 106 Å². The van der Waals surface area contributed by atoms with Gasteiger partial charge in [0.25, 0.3) is 17.5 Å². The average Bonchev–Trinajstić information content (AvgIpc) is 3.04. The Bertz CT molecular complexity index is 1180. The second-order valence-electron chi connectivity index (χ2n) is 6.98. The summed E-state index contributed by atoms with van der Waals surface area (Å²) in [6, 6.07) is 18.4. The summed E-state index contributed by atoms with van der Waals surface area (Å²) >= 11 is 0. The van der Waals surface area contributed by atoms with Crippen LogP contribution in [0.2, 0.25) is 0 Å². The molecule has 1 aliphatic rings. The second-order valence-corrected chi connectivity index (χ2v) is 6.98. The molecule has 4 rings (SSSR count). The summed E-state index contributed by atoms with van der Waals surface area (Å²) in [6.45, 7) is 0.0775. The third-order valence-corrected chi connectivity index (χ3v) is 5.05. The molecular formula is C23H18N4O4. The Labute approximate surface area is 178 Å². The summed E-state index contributed by atoms with van der Waals surface area (Å²) in [7, 11) is 1.72. The summed E-state index contributed by atoms with van der Waals surface area (Å²) in [4.78, 5) is 44.1. The minimum absolute atomic E-state index is 0.0775. The molecule has 0 atom stereocenters. The van der Waals surface area contributed by atoms with Gasteiger partial charge in [0, 0.05) is 37.3 Å². The molecule has 8 heteroatoms. The first-order valence-electron chi connectivity index (χ1n) is 9.50. The number of para-hydroxylation sites is 1. The predicted octanol–water partition coefficient (Wildman–Crippen LogP) is 3.41. The van der Waals surface area contributed by atoms with Crippen molar-refractivity contribution in [2.75, 3.05) is 11.9 Å². The zero-order chi connectivity index (χ0) is 22.0. The van der Waals surface area contributed by atoms with Gasteiger partial charge in [0.05, 0.1) is 17.0 Å². The molecule has 1 aromatic heterocycles. The fourth-order valence-electron chi connectivity index (χ4n) is 3.48. The zero-order valence-electron chi connectivity index (χ0n) is 16.6. The van der Waals surface area contributed by atoms with Crippen LogP contribution >= 0.6 is 0 Å². The molecular weight excluding hydrogens is 396 g/mol. The van der Waals surface area contributed by atoms with Gasteiger partial charge in [0.1, 0.15) is 5.70 Å². The highest BCUT2D eigenvalue weighted by Crippen LogP contribution is 2.34. The number of hydrogen-bond donors (Lipinski definition) is 0. The summed E-state index contributed by atoms with van der Waals surface area (Å²) in [6.07, 6.45) is 3.22. The van der Waals surface area contributed by atoms with E-state index in [1.807, 2.05) is 30.3 Å². The highest BCUT2D eigenvalue weighted by molar-refractivity contribution is 6.36. The number of pyridine rings is 1. The number of carbonyl (C=O) groups excluding carboxylic acids is 2. The Morgan fingerprint density at radius 1 is 0.968 bits per heavy atom. The standard InChI is InChI=1S/C23H18N4O4/c1-25(18-7-3-2-4-8-18)21-20(17-9-11-19(12-10-17)27(30)31)22(28)26(23(21)29)15-16-6-5-13-24-14-16/h2-14H,15H2,1H3.